The molecule has 0 aliphatic heterocycles. The van der Waals surface area contributed by atoms with Crippen molar-refractivity contribution in [1.29, 1.82) is 0 Å². The summed E-state index contributed by atoms with van der Waals surface area (Å²) >= 11 is 0. The molecule has 5 nitrogen and oxygen atoms in total. The minimum Gasteiger partial charge on any atom is -0.388 e. The first-order chi connectivity index (χ1) is 6.49. The highest BCUT2D eigenvalue weighted by Gasteiger charge is 2.14. The Balaban J connectivity index is 3.37. The van der Waals surface area contributed by atoms with Crippen molar-refractivity contribution in [3.05, 3.63) is 18.2 Å². The Morgan fingerprint density at radius 3 is 2.29 bits per heavy atom. The Kier molecular flexibility index (Phi) is 2.97. The third kappa shape index (κ3) is 2.15. The van der Waals surface area contributed by atoms with Gasteiger partial charge in [-0.3, -0.25) is 4.55 Å². The molecule has 1 rings (SSSR count). The standard InChI is InChI=1S/C8H12N2O3S/c1-9-6-3-4-7(10-2)8(5-6)14(11,12)13/h3-5,9-10H,1-2H3,(H,11,12,13). The van der Waals surface area contributed by atoms with Crippen LogP contribution in [0.25, 0.3) is 0 Å². The molecule has 0 spiro atoms. The van der Waals surface area contributed by atoms with Crippen LogP contribution in [0.5, 0.6) is 0 Å². The lowest BCUT2D eigenvalue weighted by atomic mass is 10.3. The summed E-state index contributed by atoms with van der Waals surface area (Å²) in [6.07, 6.45) is 0. The SMILES string of the molecule is CNc1ccc(NC)c(S(=O)(=O)O)c1. The first-order valence-corrected chi connectivity index (χ1v) is 5.40. The van der Waals surface area contributed by atoms with Crippen LogP contribution in [0.1, 0.15) is 0 Å². The third-order valence-corrected chi connectivity index (χ3v) is 2.71. The van der Waals surface area contributed by atoms with E-state index in [0.29, 0.717) is 11.4 Å². The first-order valence-electron chi connectivity index (χ1n) is 3.96. The molecule has 0 fully saturated rings. The molecule has 0 bridgehead atoms. The van der Waals surface area contributed by atoms with Gasteiger partial charge in [0.1, 0.15) is 4.90 Å². The van der Waals surface area contributed by atoms with Gasteiger partial charge in [0.15, 0.2) is 0 Å². The van der Waals surface area contributed by atoms with Gasteiger partial charge in [-0.1, -0.05) is 0 Å². The van der Waals surface area contributed by atoms with Crippen LogP contribution in [-0.4, -0.2) is 27.1 Å². The van der Waals surface area contributed by atoms with Crippen molar-refractivity contribution in [3.8, 4) is 0 Å². The van der Waals surface area contributed by atoms with E-state index in [-0.39, 0.29) is 4.90 Å². The Morgan fingerprint density at radius 1 is 1.21 bits per heavy atom. The van der Waals surface area contributed by atoms with Crippen molar-refractivity contribution in [1.82, 2.24) is 0 Å². The molecular formula is C8H12N2O3S. The molecule has 0 radical (unpaired) electrons. The second-order valence-electron chi connectivity index (χ2n) is 2.69. The molecule has 0 aromatic heterocycles. The molecule has 0 atom stereocenters. The predicted octanol–water partition coefficient (Wildman–Crippen LogP) is 1.02. The monoisotopic (exact) mass is 216 g/mol. The van der Waals surface area contributed by atoms with E-state index < -0.39 is 10.1 Å². The molecule has 6 heteroatoms. The minimum atomic E-state index is -4.18. The quantitative estimate of drug-likeness (QED) is 0.657. The lowest BCUT2D eigenvalue weighted by Crippen LogP contribution is -2.04. The van der Waals surface area contributed by atoms with E-state index in [4.69, 9.17) is 4.55 Å². The van der Waals surface area contributed by atoms with Gasteiger partial charge in [-0.25, -0.2) is 0 Å². The second-order valence-corrected chi connectivity index (χ2v) is 4.08. The van der Waals surface area contributed by atoms with Crippen molar-refractivity contribution in [2.45, 2.75) is 4.90 Å². The van der Waals surface area contributed by atoms with E-state index in [1.165, 1.54) is 6.07 Å². The van der Waals surface area contributed by atoms with Crippen LogP contribution in [0.3, 0.4) is 0 Å². The molecule has 0 amide bonds. The fourth-order valence-corrected chi connectivity index (χ4v) is 1.82. The van der Waals surface area contributed by atoms with E-state index in [1.54, 1.807) is 26.2 Å². The number of hydrogen-bond acceptors (Lipinski definition) is 4. The van der Waals surface area contributed by atoms with Gasteiger partial charge in [-0.05, 0) is 18.2 Å². The van der Waals surface area contributed by atoms with E-state index in [2.05, 4.69) is 10.6 Å². The summed E-state index contributed by atoms with van der Waals surface area (Å²) in [6.45, 7) is 0. The summed E-state index contributed by atoms with van der Waals surface area (Å²) in [6, 6.07) is 4.65. The van der Waals surface area contributed by atoms with Gasteiger partial charge >= 0.3 is 0 Å². The number of rotatable bonds is 3. The fraction of sp³-hybridized carbons (Fsp3) is 0.250. The summed E-state index contributed by atoms with van der Waals surface area (Å²) in [7, 11) is -0.925. The summed E-state index contributed by atoms with van der Waals surface area (Å²) in [5.41, 5.74) is 0.989. The lowest BCUT2D eigenvalue weighted by molar-refractivity contribution is 0.483. The third-order valence-electron chi connectivity index (χ3n) is 1.82. The van der Waals surface area contributed by atoms with Crippen LogP contribution in [0.2, 0.25) is 0 Å². The maximum absolute atomic E-state index is 11.0. The maximum Gasteiger partial charge on any atom is 0.296 e. The van der Waals surface area contributed by atoms with Crippen molar-refractivity contribution < 1.29 is 13.0 Å². The number of nitrogens with one attached hydrogen (secondary N) is 2. The summed E-state index contributed by atoms with van der Waals surface area (Å²) in [5, 5.41) is 5.47. The van der Waals surface area contributed by atoms with Crippen LogP contribution >= 0.6 is 0 Å². The highest BCUT2D eigenvalue weighted by molar-refractivity contribution is 7.86. The molecule has 1 aromatic rings. The van der Waals surface area contributed by atoms with Crippen LogP contribution in [-0.2, 0) is 10.1 Å². The van der Waals surface area contributed by atoms with Crippen LogP contribution in [0.15, 0.2) is 23.1 Å². The smallest absolute Gasteiger partial charge is 0.296 e. The molecule has 3 N–H and O–H groups in total. The number of hydrogen-bond donors (Lipinski definition) is 3. The largest absolute Gasteiger partial charge is 0.388 e. The van der Waals surface area contributed by atoms with Gasteiger partial charge in [0.05, 0.1) is 5.69 Å². The van der Waals surface area contributed by atoms with E-state index in [0.717, 1.165) is 0 Å². The Labute approximate surface area is 82.9 Å². The fourth-order valence-electron chi connectivity index (χ4n) is 1.10. The number of anilines is 2. The van der Waals surface area contributed by atoms with E-state index >= 15 is 0 Å². The Hall–Kier alpha value is -1.27. The maximum atomic E-state index is 11.0. The zero-order valence-electron chi connectivity index (χ0n) is 7.90. The summed E-state index contributed by atoms with van der Waals surface area (Å²) < 4.78 is 30.9. The van der Waals surface area contributed by atoms with Gasteiger partial charge in [-0.2, -0.15) is 8.42 Å². The highest BCUT2D eigenvalue weighted by atomic mass is 32.2. The first kappa shape index (κ1) is 10.8. The molecule has 0 heterocycles. The van der Waals surface area contributed by atoms with Gasteiger partial charge in [0.2, 0.25) is 0 Å². The van der Waals surface area contributed by atoms with Gasteiger partial charge in [0, 0.05) is 19.8 Å². The van der Waals surface area contributed by atoms with Gasteiger partial charge < -0.3 is 10.6 Å². The molecule has 78 valence electrons. The van der Waals surface area contributed by atoms with Crippen molar-refractivity contribution in [2.75, 3.05) is 24.7 Å². The highest BCUT2D eigenvalue weighted by Crippen LogP contribution is 2.24. The van der Waals surface area contributed by atoms with Gasteiger partial charge in [0.25, 0.3) is 10.1 Å². The predicted molar refractivity (Wildman–Crippen MR) is 55.4 cm³/mol. The molecule has 0 aliphatic rings. The molecule has 0 saturated carbocycles. The zero-order chi connectivity index (χ0) is 10.8. The van der Waals surface area contributed by atoms with Crippen LogP contribution in [0.4, 0.5) is 11.4 Å². The van der Waals surface area contributed by atoms with Crippen LogP contribution in [0, 0.1) is 0 Å². The second kappa shape index (κ2) is 3.85. The number of benzene rings is 1. The van der Waals surface area contributed by atoms with E-state index in [9.17, 15) is 8.42 Å². The molecule has 0 saturated heterocycles. The Morgan fingerprint density at radius 2 is 1.86 bits per heavy atom. The lowest BCUT2D eigenvalue weighted by Gasteiger charge is -2.08. The minimum absolute atomic E-state index is 0.133. The average Bonchev–Trinajstić information content (AvgIpc) is 2.15. The molecule has 0 unspecified atom stereocenters. The molecule has 14 heavy (non-hydrogen) atoms. The normalized spacial score (nSPS) is 11.1. The Bertz CT molecular complexity index is 428. The molecule has 0 aliphatic carbocycles. The average molecular weight is 216 g/mol. The molecular weight excluding hydrogens is 204 g/mol. The summed E-state index contributed by atoms with van der Waals surface area (Å²) in [4.78, 5) is -0.133. The van der Waals surface area contributed by atoms with Gasteiger partial charge in [-0.15, -0.1) is 0 Å². The van der Waals surface area contributed by atoms with Crippen molar-refractivity contribution >= 4 is 21.5 Å². The zero-order valence-corrected chi connectivity index (χ0v) is 8.72. The van der Waals surface area contributed by atoms with Crippen molar-refractivity contribution in [2.24, 2.45) is 0 Å². The van der Waals surface area contributed by atoms with E-state index in [1.807, 2.05) is 0 Å². The molecule has 1 aromatic carbocycles. The summed E-state index contributed by atoms with van der Waals surface area (Å²) in [5.74, 6) is 0. The van der Waals surface area contributed by atoms with Crippen molar-refractivity contribution in [3.63, 3.8) is 0 Å². The van der Waals surface area contributed by atoms with Crippen LogP contribution < -0.4 is 10.6 Å². The topological polar surface area (TPSA) is 78.4 Å².